The Hall–Kier alpha value is -0.870. The summed E-state index contributed by atoms with van der Waals surface area (Å²) in [6, 6.07) is 2.10. The first-order chi connectivity index (χ1) is 7.02. The van der Waals surface area contributed by atoms with Crippen molar-refractivity contribution in [2.45, 2.75) is 40.0 Å². The molecular formula is C11H21N3O. The SMILES string of the molecule is CCn1nc(C)cc1CN(C)CC(C)O. The fraction of sp³-hybridized carbons (Fsp3) is 0.727. The quantitative estimate of drug-likeness (QED) is 0.790. The number of aliphatic hydroxyl groups is 1. The second kappa shape index (κ2) is 5.28. The summed E-state index contributed by atoms with van der Waals surface area (Å²) in [6.45, 7) is 8.31. The van der Waals surface area contributed by atoms with Crippen LogP contribution in [0.5, 0.6) is 0 Å². The van der Waals surface area contributed by atoms with E-state index in [9.17, 15) is 5.11 Å². The predicted octanol–water partition coefficient (Wildman–Crippen LogP) is 1.02. The molecule has 1 heterocycles. The summed E-state index contributed by atoms with van der Waals surface area (Å²) < 4.78 is 2.01. The molecule has 1 rings (SSSR count). The van der Waals surface area contributed by atoms with Crippen molar-refractivity contribution in [2.75, 3.05) is 13.6 Å². The Balaban J connectivity index is 2.62. The van der Waals surface area contributed by atoms with Gasteiger partial charge in [0.05, 0.1) is 17.5 Å². The van der Waals surface area contributed by atoms with Crippen LogP contribution >= 0.6 is 0 Å². The van der Waals surface area contributed by atoms with Crippen LogP contribution in [0.1, 0.15) is 25.2 Å². The second-order valence-corrected chi connectivity index (χ2v) is 4.14. The van der Waals surface area contributed by atoms with E-state index >= 15 is 0 Å². The zero-order valence-corrected chi connectivity index (χ0v) is 10.1. The number of nitrogens with zero attached hydrogens (tertiary/aromatic N) is 3. The van der Waals surface area contributed by atoms with Crippen molar-refractivity contribution in [1.29, 1.82) is 0 Å². The van der Waals surface area contributed by atoms with Crippen LogP contribution in [-0.4, -0.2) is 39.5 Å². The van der Waals surface area contributed by atoms with Gasteiger partial charge >= 0.3 is 0 Å². The molecule has 1 unspecified atom stereocenters. The van der Waals surface area contributed by atoms with E-state index in [0.29, 0.717) is 6.54 Å². The van der Waals surface area contributed by atoms with E-state index in [1.54, 1.807) is 6.92 Å². The third-order valence-electron chi connectivity index (χ3n) is 2.29. The molecule has 0 saturated heterocycles. The lowest BCUT2D eigenvalue weighted by Crippen LogP contribution is -2.27. The first-order valence-electron chi connectivity index (χ1n) is 5.42. The lowest BCUT2D eigenvalue weighted by Gasteiger charge is -2.18. The predicted molar refractivity (Wildman–Crippen MR) is 60.7 cm³/mol. The third-order valence-corrected chi connectivity index (χ3v) is 2.29. The van der Waals surface area contributed by atoms with Gasteiger partial charge in [-0.1, -0.05) is 0 Å². The van der Waals surface area contributed by atoms with E-state index in [2.05, 4.69) is 23.0 Å². The molecule has 0 bridgehead atoms. The molecule has 0 aromatic carbocycles. The first kappa shape index (κ1) is 12.2. The maximum absolute atomic E-state index is 9.27. The van der Waals surface area contributed by atoms with Crippen LogP contribution in [0.25, 0.3) is 0 Å². The van der Waals surface area contributed by atoms with Gasteiger partial charge in [-0.2, -0.15) is 5.10 Å². The molecule has 0 aliphatic rings. The molecule has 15 heavy (non-hydrogen) atoms. The van der Waals surface area contributed by atoms with E-state index < -0.39 is 0 Å². The molecule has 0 saturated carbocycles. The summed E-state index contributed by atoms with van der Waals surface area (Å²) in [7, 11) is 2.01. The van der Waals surface area contributed by atoms with Crippen molar-refractivity contribution in [1.82, 2.24) is 14.7 Å². The standard InChI is InChI=1S/C11H21N3O/c1-5-14-11(6-9(2)12-14)8-13(4)7-10(3)15/h6,10,15H,5,7-8H2,1-4H3. The van der Waals surface area contributed by atoms with Crippen molar-refractivity contribution in [3.05, 3.63) is 17.5 Å². The molecule has 0 aliphatic heterocycles. The third kappa shape index (κ3) is 3.64. The van der Waals surface area contributed by atoms with E-state index in [1.165, 1.54) is 5.69 Å². The van der Waals surface area contributed by atoms with Crippen LogP contribution in [0, 0.1) is 6.92 Å². The zero-order chi connectivity index (χ0) is 11.4. The maximum Gasteiger partial charge on any atom is 0.0639 e. The Bertz CT molecular complexity index is 307. The van der Waals surface area contributed by atoms with Gasteiger partial charge in [0, 0.05) is 19.6 Å². The van der Waals surface area contributed by atoms with Gasteiger partial charge in [0.25, 0.3) is 0 Å². The minimum atomic E-state index is -0.283. The highest BCUT2D eigenvalue weighted by Crippen LogP contribution is 2.06. The van der Waals surface area contributed by atoms with Crippen LogP contribution in [0.3, 0.4) is 0 Å². The topological polar surface area (TPSA) is 41.3 Å². The van der Waals surface area contributed by atoms with E-state index in [-0.39, 0.29) is 6.10 Å². The molecule has 4 heteroatoms. The highest BCUT2D eigenvalue weighted by molar-refractivity contribution is 5.08. The van der Waals surface area contributed by atoms with Crippen LogP contribution in [-0.2, 0) is 13.1 Å². The van der Waals surface area contributed by atoms with Gasteiger partial charge in [-0.25, -0.2) is 0 Å². The summed E-state index contributed by atoms with van der Waals surface area (Å²) in [6.07, 6.45) is -0.283. The summed E-state index contributed by atoms with van der Waals surface area (Å²) >= 11 is 0. The maximum atomic E-state index is 9.27. The Labute approximate surface area is 91.5 Å². The second-order valence-electron chi connectivity index (χ2n) is 4.14. The Morgan fingerprint density at radius 2 is 2.27 bits per heavy atom. The minimum Gasteiger partial charge on any atom is -0.392 e. The molecule has 1 aromatic heterocycles. The fourth-order valence-electron chi connectivity index (χ4n) is 1.79. The summed E-state index contributed by atoms with van der Waals surface area (Å²) in [5.74, 6) is 0. The van der Waals surface area contributed by atoms with E-state index in [4.69, 9.17) is 0 Å². The molecule has 1 aromatic rings. The fourth-order valence-corrected chi connectivity index (χ4v) is 1.79. The molecule has 1 N–H and O–H groups in total. The molecule has 0 aliphatic carbocycles. The van der Waals surface area contributed by atoms with Crippen LogP contribution < -0.4 is 0 Å². The zero-order valence-electron chi connectivity index (χ0n) is 10.1. The minimum absolute atomic E-state index is 0.283. The molecule has 0 fully saturated rings. The number of rotatable bonds is 5. The normalized spacial score (nSPS) is 13.5. The number of aryl methyl sites for hydroxylation is 2. The first-order valence-corrected chi connectivity index (χ1v) is 5.42. The summed E-state index contributed by atoms with van der Waals surface area (Å²) in [4.78, 5) is 2.10. The lowest BCUT2D eigenvalue weighted by molar-refractivity contribution is 0.137. The van der Waals surface area contributed by atoms with Gasteiger partial charge in [-0.3, -0.25) is 9.58 Å². The van der Waals surface area contributed by atoms with Crippen molar-refractivity contribution in [3.8, 4) is 0 Å². The number of hydrogen-bond acceptors (Lipinski definition) is 3. The number of aromatic nitrogens is 2. The summed E-state index contributed by atoms with van der Waals surface area (Å²) in [5, 5.41) is 13.7. The van der Waals surface area contributed by atoms with Crippen LogP contribution in [0.4, 0.5) is 0 Å². The molecule has 0 amide bonds. The average molecular weight is 211 g/mol. The van der Waals surface area contributed by atoms with E-state index in [0.717, 1.165) is 18.8 Å². The average Bonchev–Trinajstić information content (AvgIpc) is 2.44. The van der Waals surface area contributed by atoms with Crippen molar-refractivity contribution < 1.29 is 5.11 Å². The number of aliphatic hydroxyl groups excluding tert-OH is 1. The van der Waals surface area contributed by atoms with Crippen molar-refractivity contribution in [3.63, 3.8) is 0 Å². The van der Waals surface area contributed by atoms with E-state index in [1.807, 2.05) is 18.7 Å². The highest BCUT2D eigenvalue weighted by atomic mass is 16.3. The Morgan fingerprint density at radius 3 is 2.80 bits per heavy atom. The molecule has 0 radical (unpaired) electrons. The van der Waals surface area contributed by atoms with Gasteiger partial charge in [0.15, 0.2) is 0 Å². The number of likely N-dealkylation sites (N-methyl/N-ethyl adjacent to an activating group) is 1. The molecule has 4 nitrogen and oxygen atoms in total. The van der Waals surface area contributed by atoms with Gasteiger partial charge in [0.2, 0.25) is 0 Å². The van der Waals surface area contributed by atoms with Crippen molar-refractivity contribution >= 4 is 0 Å². The van der Waals surface area contributed by atoms with Gasteiger partial charge < -0.3 is 5.11 Å². The molecular weight excluding hydrogens is 190 g/mol. The smallest absolute Gasteiger partial charge is 0.0639 e. The molecule has 1 atom stereocenters. The number of hydrogen-bond donors (Lipinski definition) is 1. The van der Waals surface area contributed by atoms with Crippen LogP contribution in [0.2, 0.25) is 0 Å². The molecule has 86 valence electrons. The van der Waals surface area contributed by atoms with Gasteiger partial charge in [-0.15, -0.1) is 0 Å². The highest BCUT2D eigenvalue weighted by Gasteiger charge is 2.08. The molecule has 0 spiro atoms. The van der Waals surface area contributed by atoms with Crippen LogP contribution in [0.15, 0.2) is 6.07 Å². The monoisotopic (exact) mass is 211 g/mol. The van der Waals surface area contributed by atoms with Gasteiger partial charge in [0.1, 0.15) is 0 Å². The van der Waals surface area contributed by atoms with Gasteiger partial charge in [-0.05, 0) is 33.9 Å². The Kier molecular flexibility index (Phi) is 4.29. The summed E-state index contributed by atoms with van der Waals surface area (Å²) in [5.41, 5.74) is 2.26. The largest absolute Gasteiger partial charge is 0.392 e. The lowest BCUT2D eigenvalue weighted by atomic mass is 10.3. The van der Waals surface area contributed by atoms with Crippen molar-refractivity contribution in [2.24, 2.45) is 0 Å². The Morgan fingerprint density at radius 1 is 1.60 bits per heavy atom.